The molecule has 0 aliphatic rings. The Morgan fingerprint density at radius 1 is 0.977 bits per heavy atom. The number of hydrogen-bond acceptors (Lipinski definition) is 6. The predicted molar refractivity (Wildman–Crippen MR) is 166 cm³/mol. The maximum atomic E-state index is 14.4. The highest BCUT2D eigenvalue weighted by atomic mass is 35.5. The minimum Gasteiger partial charge on any atom is -0.508 e. The molecule has 3 aromatic carbocycles. The Hall–Kier alpha value is -4.55. The van der Waals surface area contributed by atoms with Crippen molar-refractivity contribution in [1.82, 2.24) is 10.2 Å². The number of nitriles is 1. The van der Waals surface area contributed by atoms with Crippen LogP contribution in [0, 0.1) is 32.1 Å². The number of nitrogens with one attached hydrogen (secondary N) is 2. The first kappa shape index (κ1) is 33.0. The summed E-state index contributed by atoms with van der Waals surface area (Å²) in [7, 11) is 0. The molecule has 2 atom stereocenters. The van der Waals surface area contributed by atoms with E-state index in [1.54, 1.807) is 58.0 Å². The van der Waals surface area contributed by atoms with Gasteiger partial charge in [-0.2, -0.15) is 5.26 Å². The number of ether oxygens (including phenoxy) is 1. The number of aryl methyl sites for hydroxylation is 3. The van der Waals surface area contributed by atoms with Crippen LogP contribution in [0.15, 0.2) is 60.7 Å². The van der Waals surface area contributed by atoms with E-state index in [1.807, 2.05) is 38.1 Å². The number of nitrogens with zero attached hydrogens (tertiary/aromatic N) is 2. The Morgan fingerprint density at radius 2 is 1.56 bits per heavy atom. The Labute approximate surface area is 257 Å². The Bertz CT molecular complexity index is 1490. The van der Waals surface area contributed by atoms with Gasteiger partial charge in [-0.3, -0.25) is 9.59 Å². The van der Waals surface area contributed by atoms with Crippen LogP contribution in [0.4, 0.5) is 10.5 Å². The van der Waals surface area contributed by atoms with Gasteiger partial charge in [-0.25, -0.2) is 4.79 Å². The molecule has 9 nitrogen and oxygen atoms in total. The smallest absolute Gasteiger partial charge is 0.408 e. The van der Waals surface area contributed by atoms with Crippen LogP contribution in [0.1, 0.15) is 54.6 Å². The first-order valence-electron chi connectivity index (χ1n) is 13.8. The lowest BCUT2D eigenvalue weighted by molar-refractivity contribution is -0.140. The molecule has 43 heavy (non-hydrogen) atoms. The molecule has 0 aromatic heterocycles. The lowest BCUT2D eigenvalue weighted by Gasteiger charge is -2.34. The number of carbonyl (C=O) groups is 3. The highest BCUT2D eigenvalue weighted by molar-refractivity contribution is 6.34. The number of carbonyl (C=O) groups excluding carboxylic acids is 3. The maximum absolute atomic E-state index is 14.4. The summed E-state index contributed by atoms with van der Waals surface area (Å²) in [6, 6.07) is 16.4. The second kappa shape index (κ2) is 14.1. The number of alkyl carbamates (subject to hydrolysis) is 1. The standard InChI is InChI=1S/C33H37ClN4O5/c1-20-9-7-10-21(2)27(20)29(30(40)37-28-22(3)11-8-12-25(28)34)38(18-17-35)31(41)26(36-32(42)43-33(4,5)6)19-23-13-15-24(39)16-14-23/h7-16,26,29,39H,18-19H2,1-6H3,(H,36,42)(H,37,40). The average Bonchev–Trinajstić information content (AvgIpc) is 2.91. The lowest BCUT2D eigenvalue weighted by atomic mass is 9.93. The van der Waals surface area contributed by atoms with Crippen molar-refractivity contribution < 1.29 is 24.2 Å². The molecule has 3 aromatic rings. The van der Waals surface area contributed by atoms with Crippen LogP contribution in [0.2, 0.25) is 5.02 Å². The van der Waals surface area contributed by atoms with Crippen molar-refractivity contribution in [3.63, 3.8) is 0 Å². The number of aromatic hydroxyl groups is 1. The van der Waals surface area contributed by atoms with E-state index in [0.717, 1.165) is 16.7 Å². The van der Waals surface area contributed by atoms with Gasteiger partial charge in [-0.05, 0) is 87.6 Å². The van der Waals surface area contributed by atoms with Gasteiger partial charge in [0.1, 0.15) is 30.0 Å². The van der Waals surface area contributed by atoms with Gasteiger partial charge in [-0.1, -0.05) is 54.1 Å². The number of para-hydroxylation sites is 1. The highest BCUT2D eigenvalue weighted by Gasteiger charge is 2.38. The number of halogens is 1. The molecule has 0 spiro atoms. The minimum atomic E-state index is -1.24. The van der Waals surface area contributed by atoms with E-state index in [1.165, 1.54) is 17.0 Å². The summed E-state index contributed by atoms with van der Waals surface area (Å²) in [5.41, 5.74) is 2.93. The second-order valence-electron chi connectivity index (χ2n) is 11.3. The maximum Gasteiger partial charge on any atom is 0.408 e. The summed E-state index contributed by atoms with van der Waals surface area (Å²) in [6.45, 7) is 10.1. The van der Waals surface area contributed by atoms with Gasteiger partial charge in [-0.15, -0.1) is 0 Å². The van der Waals surface area contributed by atoms with E-state index >= 15 is 0 Å². The number of anilines is 1. The molecule has 0 saturated heterocycles. The Morgan fingerprint density at radius 3 is 2.12 bits per heavy atom. The van der Waals surface area contributed by atoms with Gasteiger partial charge < -0.3 is 25.4 Å². The number of benzene rings is 3. The molecule has 0 bridgehead atoms. The summed E-state index contributed by atoms with van der Waals surface area (Å²) in [4.78, 5) is 42.6. The van der Waals surface area contributed by atoms with Crippen molar-refractivity contribution in [3.05, 3.63) is 93.5 Å². The molecule has 0 radical (unpaired) electrons. The molecular formula is C33H37ClN4O5. The third kappa shape index (κ3) is 8.72. The number of phenolic OH excluding ortho intramolecular Hbond substituents is 1. The summed E-state index contributed by atoms with van der Waals surface area (Å²) in [5, 5.41) is 25.5. The van der Waals surface area contributed by atoms with Crippen LogP contribution in [0.5, 0.6) is 5.75 Å². The van der Waals surface area contributed by atoms with Crippen LogP contribution >= 0.6 is 11.6 Å². The van der Waals surface area contributed by atoms with Crippen molar-refractivity contribution in [2.45, 2.75) is 65.6 Å². The second-order valence-corrected chi connectivity index (χ2v) is 11.7. The first-order chi connectivity index (χ1) is 20.2. The van der Waals surface area contributed by atoms with Gasteiger partial charge in [0.2, 0.25) is 5.91 Å². The van der Waals surface area contributed by atoms with Crippen LogP contribution in [-0.4, -0.2) is 46.1 Å². The van der Waals surface area contributed by atoms with E-state index in [-0.39, 0.29) is 12.2 Å². The fourth-order valence-corrected chi connectivity index (χ4v) is 5.03. The van der Waals surface area contributed by atoms with E-state index in [0.29, 0.717) is 21.8 Å². The SMILES string of the molecule is Cc1cccc(Cl)c1NC(=O)C(c1c(C)cccc1C)N(CC#N)C(=O)C(Cc1ccc(O)cc1)NC(=O)OC(C)(C)C. The minimum absolute atomic E-state index is 0.00496. The van der Waals surface area contributed by atoms with E-state index in [4.69, 9.17) is 16.3 Å². The average molecular weight is 605 g/mol. The third-order valence-electron chi connectivity index (χ3n) is 6.74. The molecule has 10 heteroatoms. The molecule has 0 aliphatic carbocycles. The Balaban J connectivity index is 2.13. The summed E-state index contributed by atoms with van der Waals surface area (Å²) in [5.74, 6) is -1.20. The monoisotopic (exact) mass is 604 g/mol. The first-order valence-corrected chi connectivity index (χ1v) is 14.2. The van der Waals surface area contributed by atoms with Crippen molar-refractivity contribution in [1.29, 1.82) is 5.26 Å². The predicted octanol–water partition coefficient (Wildman–Crippen LogP) is 6.14. The number of hydrogen-bond donors (Lipinski definition) is 3. The molecular weight excluding hydrogens is 568 g/mol. The molecule has 226 valence electrons. The fraction of sp³-hybridized carbons (Fsp3) is 0.333. The largest absolute Gasteiger partial charge is 0.508 e. The zero-order valence-corrected chi connectivity index (χ0v) is 26.0. The van der Waals surface area contributed by atoms with E-state index in [2.05, 4.69) is 10.6 Å². The summed E-state index contributed by atoms with van der Waals surface area (Å²) in [6.07, 6.45) is -0.827. The number of amides is 3. The van der Waals surface area contributed by atoms with Crippen LogP contribution < -0.4 is 10.6 Å². The van der Waals surface area contributed by atoms with Crippen molar-refractivity contribution in [2.24, 2.45) is 0 Å². The molecule has 3 amide bonds. The summed E-state index contributed by atoms with van der Waals surface area (Å²) >= 11 is 6.43. The van der Waals surface area contributed by atoms with Gasteiger partial charge in [0.05, 0.1) is 16.8 Å². The van der Waals surface area contributed by atoms with Gasteiger partial charge in [0, 0.05) is 6.42 Å². The number of phenols is 1. The van der Waals surface area contributed by atoms with Crippen molar-refractivity contribution in [2.75, 3.05) is 11.9 Å². The third-order valence-corrected chi connectivity index (χ3v) is 7.05. The van der Waals surface area contributed by atoms with Gasteiger partial charge in [0.25, 0.3) is 5.91 Å². The fourth-order valence-electron chi connectivity index (χ4n) is 4.76. The molecule has 3 N–H and O–H groups in total. The molecule has 0 saturated carbocycles. The van der Waals surface area contributed by atoms with Crippen LogP contribution in [0.25, 0.3) is 0 Å². The van der Waals surface area contributed by atoms with Gasteiger partial charge in [0.15, 0.2) is 0 Å². The Kier molecular flexibility index (Phi) is 10.8. The topological polar surface area (TPSA) is 132 Å². The van der Waals surface area contributed by atoms with E-state index < -0.39 is 42.1 Å². The molecule has 0 aliphatic heterocycles. The normalized spacial score (nSPS) is 12.4. The van der Waals surface area contributed by atoms with E-state index in [9.17, 15) is 24.8 Å². The zero-order chi connectivity index (χ0) is 31.9. The molecule has 0 heterocycles. The van der Waals surface area contributed by atoms with Gasteiger partial charge >= 0.3 is 6.09 Å². The molecule has 2 unspecified atom stereocenters. The van der Waals surface area contributed by atoms with Crippen LogP contribution in [-0.2, 0) is 20.7 Å². The van der Waals surface area contributed by atoms with Crippen molar-refractivity contribution >= 4 is 35.2 Å². The number of rotatable bonds is 9. The van der Waals surface area contributed by atoms with Crippen LogP contribution in [0.3, 0.4) is 0 Å². The lowest BCUT2D eigenvalue weighted by Crippen LogP contribution is -2.53. The highest BCUT2D eigenvalue weighted by Crippen LogP contribution is 2.32. The molecule has 0 fully saturated rings. The van der Waals surface area contributed by atoms with Crippen molar-refractivity contribution in [3.8, 4) is 11.8 Å². The quantitative estimate of drug-likeness (QED) is 0.251. The molecule has 3 rings (SSSR count). The zero-order valence-electron chi connectivity index (χ0n) is 25.2. The summed E-state index contributed by atoms with van der Waals surface area (Å²) < 4.78 is 5.43.